The van der Waals surface area contributed by atoms with Gasteiger partial charge in [0.05, 0.1) is 0 Å². The monoisotopic (exact) mass is 250 g/mol. The van der Waals surface area contributed by atoms with E-state index >= 15 is 0 Å². The predicted molar refractivity (Wildman–Crippen MR) is 64.9 cm³/mol. The van der Waals surface area contributed by atoms with Gasteiger partial charge in [0.2, 0.25) is 5.95 Å². The molecule has 0 bridgehead atoms. The lowest BCUT2D eigenvalue weighted by Gasteiger charge is -2.09. The number of hydrogen-bond acceptors (Lipinski definition) is 4. The molecule has 0 aliphatic rings. The number of hydrogen-bond donors (Lipinski definition) is 2. The molecule has 18 heavy (non-hydrogen) atoms. The van der Waals surface area contributed by atoms with Crippen LogP contribution in [-0.2, 0) is 6.54 Å². The van der Waals surface area contributed by atoms with Gasteiger partial charge in [-0.05, 0) is 25.1 Å². The summed E-state index contributed by atoms with van der Waals surface area (Å²) in [6.07, 6.45) is 1.56. The van der Waals surface area contributed by atoms with Crippen molar-refractivity contribution in [2.75, 3.05) is 11.1 Å². The average Bonchev–Trinajstić information content (AvgIpc) is 2.34. The molecule has 2 rings (SSSR count). The Labute approximate surface area is 103 Å². The SMILES string of the molecule is Cc1cnc(N)nc1NCc1cc(F)ccc1F. The van der Waals surface area contributed by atoms with Crippen molar-refractivity contribution in [2.45, 2.75) is 13.5 Å². The molecule has 0 amide bonds. The van der Waals surface area contributed by atoms with E-state index < -0.39 is 11.6 Å². The fourth-order valence-corrected chi connectivity index (χ4v) is 1.49. The number of benzene rings is 1. The zero-order valence-corrected chi connectivity index (χ0v) is 9.74. The molecule has 94 valence electrons. The van der Waals surface area contributed by atoms with Gasteiger partial charge in [-0.1, -0.05) is 0 Å². The molecular weight excluding hydrogens is 238 g/mol. The Kier molecular flexibility index (Phi) is 3.36. The first-order valence-electron chi connectivity index (χ1n) is 5.33. The van der Waals surface area contributed by atoms with E-state index in [9.17, 15) is 8.78 Å². The van der Waals surface area contributed by atoms with E-state index in [0.717, 1.165) is 23.8 Å². The van der Waals surface area contributed by atoms with Crippen LogP contribution in [0.2, 0.25) is 0 Å². The molecule has 1 aromatic carbocycles. The van der Waals surface area contributed by atoms with Crippen molar-refractivity contribution in [2.24, 2.45) is 0 Å². The molecule has 0 radical (unpaired) electrons. The van der Waals surface area contributed by atoms with Gasteiger partial charge in [-0.2, -0.15) is 4.98 Å². The van der Waals surface area contributed by atoms with Crippen molar-refractivity contribution in [3.05, 3.63) is 47.2 Å². The molecule has 0 unspecified atom stereocenters. The number of nitrogens with two attached hydrogens (primary N) is 1. The Bertz CT molecular complexity index is 520. The van der Waals surface area contributed by atoms with Crippen LogP contribution in [0.3, 0.4) is 0 Å². The molecule has 6 heteroatoms. The Morgan fingerprint density at radius 3 is 2.89 bits per heavy atom. The lowest BCUT2D eigenvalue weighted by molar-refractivity contribution is 0.587. The second kappa shape index (κ2) is 4.95. The van der Waals surface area contributed by atoms with E-state index in [1.165, 1.54) is 0 Å². The normalized spacial score (nSPS) is 10.4. The van der Waals surface area contributed by atoms with Gasteiger partial charge in [-0.15, -0.1) is 0 Å². The maximum atomic E-state index is 13.4. The fraction of sp³-hybridized carbons (Fsp3) is 0.167. The van der Waals surface area contributed by atoms with E-state index in [1.807, 2.05) is 0 Å². The molecule has 1 heterocycles. The lowest BCUT2D eigenvalue weighted by atomic mass is 10.2. The molecule has 0 saturated carbocycles. The molecule has 1 aromatic heterocycles. The highest BCUT2D eigenvalue weighted by atomic mass is 19.1. The lowest BCUT2D eigenvalue weighted by Crippen LogP contribution is -2.07. The molecule has 3 N–H and O–H groups in total. The van der Waals surface area contributed by atoms with Crippen LogP contribution in [0.4, 0.5) is 20.5 Å². The van der Waals surface area contributed by atoms with Gasteiger partial charge in [0.1, 0.15) is 17.5 Å². The van der Waals surface area contributed by atoms with Crippen LogP contribution >= 0.6 is 0 Å². The molecule has 0 aliphatic heterocycles. The maximum absolute atomic E-state index is 13.4. The molecule has 0 fully saturated rings. The summed E-state index contributed by atoms with van der Waals surface area (Å²) in [4.78, 5) is 7.80. The third-order valence-corrected chi connectivity index (χ3v) is 2.44. The van der Waals surface area contributed by atoms with Crippen LogP contribution in [0.5, 0.6) is 0 Å². The Morgan fingerprint density at radius 1 is 1.33 bits per heavy atom. The minimum atomic E-state index is -0.480. The van der Waals surface area contributed by atoms with Gasteiger partial charge >= 0.3 is 0 Å². The number of rotatable bonds is 3. The minimum absolute atomic E-state index is 0.126. The molecule has 4 nitrogen and oxygen atoms in total. The van der Waals surface area contributed by atoms with Crippen LogP contribution in [0.25, 0.3) is 0 Å². The maximum Gasteiger partial charge on any atom is 0.221 e. The summed E-state index contributed by atoms with van der Waals surface area (Å²) in [6.45, 7) is 1.92. The Morgan fingerprint density at radius 2 is 2.11 bits per heavy atom. The van der Waals surface area contributed by atoms with E-state index in [-0.39, 0.29) is 18.1 Å². The standard InChI is InChI=1S/C12H12F2N4/c1-7-5-17-12(15)18-11(7)16-6-8-4-9(13)2-3-10(8)14/h2-5H,6H2,1H3,(H3,15,16,17,18). The first-order valence-corrected chi connectivity index (χ1v) is 5.33. The molecule has 0 spiro atoms. The molecule has 0 aliphatic carbocycles. The van der Waals surface area contributed by atoms with Gasteiger partial charge in [-0.25, -0.2) is 13.8 Å². The third-order valence-electron chi connectivity index (χ3n) is 2.44. The highest BCUT2D eigenvalue weighted by Crippen LogP contribution is 2.15. The van der Waals surface area contributed by atoms with Gasteiger partial charge in [-0.3, -0.25) is 0 Å². The second-order valence-electron chi connectivity index (χ2n) is 3.85. The zero-order chi connectivity index (χ0) is 13.1. The Balaban J connectivity index is 2.16. The number of aryl methyl sites for hydroxylation is 1. The van der Waals surface area contributed by atoms with E-state index in [0.29, 0.717) is 5.82 Å². The van der Waals surface area contributed by atoms with E-state index in [1.54, 1.807) is 13.1 Å². The number of anilines is 2. The van der Waals surface area contributed by atoms with Gasteiger partial charge in [0, 0.05) is 23.9 Å². The summed E-state index contributed by atoms with van der Waals surface area (Å²) < 4.78 is 26.4. The van der Waals surface area contributed by atoms with Crippen LogP contribution in [0.1, 0.15) is 11.1 Å². The molecule has 0 atom stereocenters. The summed E-state index contributed by atoms with van der Waals surface area (Å²) in [5.74, 6) is -0.315. The summed E-state index contributed by atoms with van der Waals surface area (Å²) >= 11 is 0. The molecule has 0 saturated heterocycles. The first-order chi connectivity index (χ1) is 8.56. The number of halogens is 2. The highest BCUT2D eigenvalue weighted by molar-refractivity contribution is 5.45. The summed E-state index contributed by atoms with van der Waals surface area (Å²) in [5, 5.41) is 2.90. The summed E-state index contributed by atoms with van der Waals surface area (Å²) in [5.41, 5.74) is 6.46. The molecular formula is C12H12F2N4. The topological polar surface area (TPSA) is 63.8 Å². The van der Waals surface area contributed by atoms with Crippen molar-refractivity contribution >= 4 is 11.8 Å². The second-order valence-corrected chi connectivity index (χ2v) is 3.85. The minimum Gasteiger partial charge on any atom is -0.368 e. The highest BCUT2D eigenvalue weighted by Gasteiger charge is 2.06. The third kappa shape index (κ3) is 2.71. The quantitative estimate of drug-likeness (QED) is 0.877. The average molecular weight is 250 g/mol. The van der Waals surface area contributed by atoms with Crippen molar-refractivity contribution in [1.82, 2.24) is 9.97 Å². The van der Waals surface area contributed by atoms with Crippen LogP contribution in [0, 0.1) is 18.6 Å². The van der Waals surface area contributed by atoms with Crippen LogP contribution < -0.4 is 11.1 Å². The number of nitrogen functional groups attached to an aromatic ring is 1. The van der Waals surface area contributed by atoms with E-state index in [4.69, 9.17) is 5.73 Å². The number of aromatic nitrogens is 2. The van der Waals surface area contributed by atoms with Gasteiger partial charge < -0.3 is 11.1 Å². The summed E-state index contributed by atoms with van der Waals surface area (Å²) in [6, 6.07) is 3.31. The van der Waals surface area contributed by atoms with Crippen molar-refractivity contribution in [3.63, 3.8) is 0 Å². The smallest absolute Gasteiger partial charge is 0.221 e. The van der Waals surface area contributed by atoms with Crippen molar-refractivity contribution < 1.29 is 8.78 Å². The molecule has 2 aromatic rings. The van der Waals surface area contributed by atoms with Crippen molar-refractivity contribution in [1.29, 1.82) is 0 Å². The van der Waals surface area contributed by atoms with Crippen LogP contribution in [0.15, 0.2) is 24.4 Å². The largest absolute Gasteiger partial charge is 0.368 e. The summed E-state index contributed by atoms with van der Waals surface area (Å²) in [7, 11) is 0. The number of nitrogens with zero attached hydrogens (tertiary/aromatic N) is 2. The fourth-order valence-electron chi connectivity index (χ4n) is 1.49. The first kappa shape index (κ1) is 12.2. The van der Waals surface area contributed by atoms with Crippen LogP contribution in [-0.4, -0.2) is 9.97 Å². The van der Waals surface area contributed by atoms with E-state index in [2.05, 4.69) is 15.3 Å². The number of nitrogens with one attached hydrogen (secondary N) is 1. The predicted octanol–water partition coefficient (Wildman–Crippen LogP) is 2.26. The Hall–Kier alpha value is -2.24. The van der Waals surface area contributed by atoms with Gasteiger partial charge in [0.25, 0.3) is 0 Å². The van der Waals surface area contributed by atoms with Gasteiger partial charge in [0.15, 0.2) is 0 Å². The van der Waals surface area contributed by atoms with Crippen molar-refractivity contribution in [3.8, 4) is 0 Å². The zero-order valence-electron chi connectivity index (χ0n) is 9.74.